The van der Waals surface area contributed by atoms with Crippen molar-refractivity contribution in [2.24, 2.45) is 17.8 Å². The highest BCUT2D eigenvalue weighted by Crippen LogP contribution is 2.44. The molecule has 3 nitrogen and oxygen atoms in total. The van der Waals surface area contributed by atoms with E-state index < -0.39 is 17.6 Å². The van der Waals surface area contributed by atoms with Crippen LogP contribution in [0, 0.1) is 29.4 Å². The van der Waals surface area contributed by atoms with Gasteiger partial charge in [-0.2, -0.15) is 8.78 Å². The summed E-state index contributed by atoms with van der Waals surface area (Å²) >= 11 is 0. The van der Waals surface area contributed by atoms with Crippen LogP contribution in [0.25, 0.3) is 0 Å². The van der Waals surface area contributed by atoms with E-state index in [1.807, 2.05) is 0 Å². The third-order valence-electron chi connectivity index (χ3n) is 8.09. The summed E-state index contributed by atoms with van der Waals surface area (Å²) in [6, 6.07) is 11.7. The third kappa shape index (κ3) is 6.35. The van der Waals surface area contributed by atoms with Crippen LogP contribution in [-0.4, -0.2) is 5.97 Å². The van der Waals surface area contributed by atoms with E-state index >= 15 is 0 Å². The molecule has 36 heavy (non-hydrogen) atoms. The Labute approximate surface area is 213 Å². The van der Waals surface area contributed by atoms with E-state index in [-0.39, 0.29) is 17.4 Å². The average Bonchev–Trinajstić information content (AvgIpc) is 2.92. The molecular formula is C31H38F2O3. The lowest BCUT2D eigenvalue weighted by Crippen LogP contribution is -2.30. The van der Waals surface area contributed by atoms with Gasteiger partial charge in [-0.15, -0.1) is 0 Å². The average molecular weight is 497 g/mol. The maximum Gasteiger partial charge on any atom is 0.314 e. The fourth-order valence-corrected chi connectivity index (χ4v) is 6.01. The molecule has 0 amide bonds. The molecule has 194 valence electrons. The zero-order chi connectivity index (χ0) is 25.5. The first-order chi connectivity index (χ1) is 17.5. The number of carbonyl (C=O) groups excluding carboxylic acids is 1. The van der Waals surface area contributed by atoms with Crippen LogP contribution >= 0.6 is 0 Å². The number of esters is 1. The van der Waals surface area contributed by atoms with Gasteiger partial charge >= 0.3 is 5.97 Å². The summed E-state index contributed by atoms with van der Waals surface area (Å²) in [6.45, 7) is 3.92. The second-order valence-corrected chi connectivity index (χ2v) is 10.4. The van der Waals surface area contributed by atoms with Crippen molar-refractivity contribution in [1.29, 1.82) is 0 Å². The Morgan fingerprint density at radius 3 is 2.06 bits per heavy atom. The predicted octanol–water partition coefficient (Wildman–Crippen LogP) is 8.52. The van der Waals surface area contributed by atoms with Crippen LogP contribution in [0.2, 0.25) is 0 Å². The topological polar surface area (TPSA) is 35.5 Å². The maximum atomic E-state index is 14.4. The van der Waals surface area contributed by atoms with Gasteiger partial charge in [-0.3, -0.25) is 4.79 Å². The second kappa shape index (κ2) is 12.5. The number of hydrogen-bond donors (Lipinski definition) is 0. The quantitative estimate of drug-likeness (QED) is 0.209. The van der Waals surface area contributed by atoms with Crippen molar-refractivity contribution in [3.8, 4) is 11.5 Å². The molecule has 0 heterocycles. The number of hydrogen-bond acceptors (Lipinski definition) is 3. The number of aryl methyl sites for hydroxylation is 1. The molecule has 0 N–H and O–H groups in total. The lowest BCUT2D eigenvalue weighted by Gasteiger charge is -2.37. The van der Waals surface area contributed by atoms with Gasteiger partial charge < -0.3 is 9.47 Å². The van der Waals surface area contributed by atoms with Gasteiger partial charge in [0, 0.05) is 0 Å². The second-order valence-electron chi connectivity index (χ2n) is 10.4. The summed E-state index contributed by atoms with van der Waals surface area (Å²) in [5.74, 6) is -1.70. The van der Waals surface area contributed by atoms with Crippen molar-refractivity contribution in [2.75, 3.05) is 0 Å². The van der Waals surface area contributed by atoms with Crippen LogP contribution in [0.5, 0.6) is 11.5 Å². The fourth-order valence-electron chi connectivity index (χ4n) is 6.01. The summed E-state index contributed by atoms with van der Waals surface area (Å²) in [7, 11) is 0. The summed E-state index contributed by atoms with van der Waals surface area (Å²) in [5.41, 5.74) is 2.90. The molecule has 0 radical (unpaired) electrons. The third-order valence-corrected chi connectivity index (χ3v) is 8.09. The monoisotopic (exact) mass is 496 g/mol. The normalized spacial score (nSPS) is 24.6. The molecule has 5 heteroatoms. The molecule has 0 saturated heterocycles. The van der Waals surface area contributed by atoms with E-state index in [2.05, 4.69) is 31.2 Å². The van der Waals surface area contributed by atoms with Gasteiger partial charge in [0.25, 0.3) is 0 Å². The lowest BCUT2D eigenvalue weighted by molar-refractivity contribution is -0.140. The van der Waals surface area contributed by atoms with Gasteiger partial charge in [-0.25, -0.2) is 0 Å². The Hall–Kier alpha value is -2.69. The summed E-state index contributed by atoms with van der Waals surface area (Å²) in [6.07, 6.45) is 13.6. The Balaban J connectivity index is 1.24. The largest absolute Gasteiger partial charge is 0.462 e. The van der Waals surface area contributed by atoms with Crippen molar-refractivity contribution in [3.05, 3.63) is 71.5 Å². The van der Waals surface area contributed by atoms with Crippen LogP contribution < -0.4 is 9.47 Å². The molecule has 0 aromatic heterocycles. The highest BCUT2D eigenvalue weighted by atomic mass is 19.2. The van der Waals surface area contributed by atoms with Crippen molar-refractivity contribution in [1.82, 2.24) is 0 Å². The Kier molecular flexibility index (Phi) is 9.17. The number of rotatable bonds is 8. The SMILES string of the molecule is C/C=C/Oc1ccc(OC(=O)C2CCC(C3CCC(c4ccc(CCC)cc4)CC3)CC2)c(F)c1F. The number of carbonyl (C=O) groups is 1. The molecule has 2 saturated carbocycles. The fraction of sp³-hybridized carbons (Fsp3) is 0.516. The van der Waals surface area contributed by atoms with Crippen LogP contribution in [0.1, 0.15) is 88.7 Å². The molecule has 2 aromatic rings. The lowest BCUT2D eigenvalue weighted by atomic mass is 9.68. The highest BCUT2D eigenvalue weighted by molar-refractivity contribution is 5.75. The van der Waals surface area contributed by atoms with Crippen LogP contribution in [0.15, 0.2) is 48.7 Å². The maximum absolute atomic E-state index is 14.4. The van der Waals surface area contributed by atoms with Gasteiger partial charge in [-0.05, 0) is 106 Å². The minimum Gasteiger partial charge on any atom is -0.462 e. The zero-order valence-electron chi connectivity index (χ0n) is 21.5. The van der Waals surface area contributed by atoms with E-state index in [1.54, 1.807) is 13.0 Å². The smallest absolute Gasteiger partial charge is 0.314 e. The minimum atomic E-state index is -1.20. The zero-order valence-corrected chi connectivity index (χ0v) is 21.5. The van der Waals surface area contributed by atoms with Crippen LogP contribution in [0.4, 0.5) is 8.78 Å². The first-order valence-electron chi connectivity index (χ1n) is 13.6. The van der Waals surface area contributed by atoms with Crippen LogP contribution in [0.3, 0.4) is 0 Å². The first kappa shape index (κ1) is 26.4. The van der Waals surface area contributed by atoms with E-state index in [0.717, 1.165) is 32.1 Å². The van der Waals surface area contributed by atoms with Crippen molar-refractivity contribution in [2.45, 2.75) is 84.0 Å². The number of benzene rings is 2. The van der Waals surface area contributed by atoms with Gasteiger partial charge in [0.05, 0.1) is 12.2 Å². The van der Waals surface area contributed by atoms with E-state index in [0.29, 0.717) is 17.8 Å². The molecule has 0 spiro atoms. The Morgan fingerprint density at radius 2 is 1.44 bits per heavy atom. The molecule has 0 unspecified atom stereocenters. The van der Waals surface area contributed by atoms with Crippen LogP contribution in [-0.2, 0) is 11.2 Å². The van der Waals surface area contributed by atoms with Crippen molar-refractivity contribution < 1.29 is 23.0 Å². The molecule has 2 aliphatic rings. The minimum absolute atomic E-state index is 0.242. The molecule has 0 bridgehead atoms. The Morgan fingerprint density at radius 1 is 0.861 bits per heavy atom. The summed E-state index contributed by atoms with van der Waals surface area (Å²) in [5, 5.41) is 0. The molecule has 2 aromatic carbocycles. The molecule has 0 atom stereocenters. The first-order valence-corrected chi connectivity index (χ1v) is 13.6. The number of allylic oxidation sites excluding steroid dienone is 1. The van der Waals surface area contributed by atoms with E-state index in [1.165, 1.54) is 61.6 Å². The van der Waals surface area contributed by atoms with Gasteiger partial charge in [-0.1, -0.05) is 43.7 Å². The summed E-state index contributed by atoms with van der Waals surface area (Å²) in [4.78, 5) is 12.7. The molecule has 2 aliphatic carbocycles. The predicted molar refractivity (Wildman–Crippen MR) is 138 cm³/mol. The molecule has 4 rings (SSSR count). The summed E-state index contributed by atoms with van der Waals surface area (Å²) < 4.78 is 38.9. The highest BCUT2D eigenvalue weighted by Gasteiger charge is 2.34. The van der Waals surface area contributed by atoms with Crippen molar-refractivity contribution >= 4 is 5.97 Å². The molecule has 2 fully saturated rings. The van der Waals surface area contributed by atoms with Crippen molar-refractivity contribution in [3.63, 3.8) is 0 Å². The molecular weight excluding hydrogens is 458 g/mol. The number of halogens is 2. The molecule has 0 aliphatic heterocycles. The van der Waals surface area contributed by atoms with Gasteiger partial charge in [0.15, 0.2) is 11.5 Å². The number of ether oxygens (including phenoxy) is 2. The van der Waals surface area contributed by atoms with Gasteiger partial charge in [0.1, 0.15) is 0 Å². The van der Waals surface area contributed by atoms with E-state index in [9.17, 15) is 13.6 Å². The van der Waals surface area contributed by atoms with Gasteiger partial charge in [0.2, 0.25) is 11.6 Å². The standard InChI is InChI=1S/C31H38F2O3/c1-3-5-21-6-8-22(9-7-21)23-10-12-24(13-11-23)25-14-16-26(17-15-25)31(34)36-28-19-18-27(35-20-4-2)29(32)30(28)33/h4,6-9,18-20,23-26H,3,5,10-17H2,1-2H3/b20-4+. The Bertz CT molecular complexity index is 1030. The van der Waals surface area contributed by atoms with E-state index in [4.69, 9.17) is 9.47 Å².